The van der Waals surface area contributed by atoms with Crippen molar-refractivity contribution >= 4 is 17.6 Å². The maximum absolute atomic E-state index is 12.9. The second-order valence-electron chi connectivity index (χ2n) is 11.3. The lowest BCUT2D eigenvalue weighted by Gasteiger charge is -2.10. The molecule has 4 rings (SSSR count). The van der Waals surface area contributed by atoms with Crippen molar-refractivity contribution in [2.45, 2.75) is 84.5 Å². The number of ether oxygens (including phenoxy) is 2. The topological polar surface area (TPSA) is 35.5 Å². The highest BCUT2D eigenvalue weighted by atomic mass is 35.5. The van der Waals surface area contributed by atoms with E-state index in [2.05, 4.69) is 50.2 Å². The van der Waals surface area contributed by atoms with E-state index in [9.17, 15) is 4.79 Å². The standard InChI is InChI=1S/C39H45ClO3/c1-3-5-7-9-11-13-30-14-16-33(17-15-30)37-27-22-34(29-38(37)40)39(41)43-36-25-20-32(21-26-36)31-18-23-35(24-19-31)42-28-12-10-8-6-4-2/h14-27,29H,3-13,28H2,1-2H3. The molecule has 0 heterocycles. The molecule has 0 N–H and O–H groups in total. The van der Waals surface area contributed by atoms with Crippen LogP contribution >= 0.6 is 11.6 Å². The first-order chi connectivity index (χ1) is 21.1. The molecule has 0 aliphatic rings. The lowest BCUT2D eigenvalue weighted by molar-refractivity contribution is 0.0735. The number of esters is 1. The Kier molecular flexibility index (Phi) is 13.2. The van der Waals surface area contributed by atoms with Crippen molar-refractivity contribution in [1.82, 2.24) is 0 Å². The number of carbonyl (C=O) groups excluding carboxylic acids is 1. The molecule has 0 fully saturated rings. The monoisotopic (exact) mass is 596 g/mol. The summed E-state index contributed by atoms with van der Waals surface area (Å²) in [4.78, 5) is 12.9. The van der Waals surface area contributed by atoms with Crippen LogP contribution in [0, 0.1) is 0 Å². The summed E-state index contributed by atoms with van der Waals surface area (Å²) in [5.74, 6) is 0.942. The van der Waals surface area contributed by atoms with E-state index in [1.165, 1.54) is 63.4 Å². The Balaban J connectivity index is 1.28. The molecule has 0 aromatic heterocycles. The molecular formula is C39H45ClO3. The normalized spacial score (nSPS) is 11.0. The summed E-state index contributed by atoms with van der Waals surface area (Å²) in [5, 5.41) is 0.529. The molecule has 0 saturated carbocycles. The average molecular weight is 597 g/mol. The summed E-state index contributed by atoms with van der Waals surface area (Å²) in [6.07, 6.45) is 13.6. The van der Waals surface area contributed by atoms with Gasteiger partial charge in [0.25, 0.3) is 0 Å². The van der Waals surface area contributed by atoms with Crippen molar-refractivity contribution in [3.8, 4) is 33.8 Å². The molecule has 4 aromatic carbocycles. The zero-order valence-corrected chi connectivity index (χ0v) is 26.5. The number of benzene rings is 4. The first kappa shape index (κ1) is 32.4. The number of carbonyl (C=O) groups is 1. The summed E-state index contributed by atoms with van der Waals surface area (Å²) in [6, 6.07) is 29.6. The maximum atomic E-state index is 12.9. The summed E-state index contributed by atoms with van der Waals surface area (Å²) >= 11 is 6.62. The van der Waals surface area contributed by atoms with Gasteiger partial charge in [0.15, 0.2) is 0 Å². The van der Waals surface area contributed by atoms with Crippen LogP contribution in [0.25, 0.3) is 22.3 Å². The molecule has 0 aliphatic heterocycles. The fraction of sp³-hybridized carbons (Fsp3) is 0.359. The van der Waals surface area contributed by atoms with E-state index in [0.717, 1.165) is 47.5 Å². The molecule has 43 heavy (non-hydrogen) atoms. The van der Waals surface area contributed by atoms with Crippen LogP contribution in [0.15, 0.2) is 91.0 Å². The van der Waals surface area contributed by atoms with Gasteiger partial charge in [-0.15, -0.1) is 0 Å². The van der Waals surface area contributed by atoms with Crippen molar-refractivity contribution in [2.75, 3.05) is 6.61 Å². The highest BCUT2D eigenvalue weighted by molar-refractivity contribution is 6.33. The van der Waals surface area contributed by atoms with Gasteiger partial charge in [-0.05, 0) is 77.9 Å². The van der Waals surface area contributed by atoms with Gasteiger partial charge < -0.3 is 9.47 Å². The molecule has 0 saturated heterocycles. The lowest BCUT2D eigenvalue weighted by atomic mass is 10.00. The van der Waals surface area contributed by atoms with Gasteiger partial charge in [0, 0.05) is 10.6 Å². The minimum Gasteiger partial charge on any atom is -0.494 e. The average Bonchev–Trinajstić information content (AvgIpc) is 3.03. The number of hydrogen-bond acceptors (Lipinski definition) is 3. The summed E-state index contributed by atoms with van der Waals surface area (Å²) < 4.78 is 11.5. The van der Waals surface area contributed by atoms with E-state index in [1.807, 2.05) is 42.5 Å². The third kappa shape index (κ3) is 10.3. The minimum absolute atomic E-state index is 0.419. The van der Waals surface area contributed by atoms with Crippen molar-refractivity contribution < 1.29 is 14.3 Å². The van der Waals surface area contributed by atoms with Gasteiger partial charge in [0.2, 0.25) is 0 Å². The van der Waals surface area contributed by atoms with Crippen molar-refractivity contribution in [3.63, 3.8) is 0 Å². The third-order valence-electron chi connectivity index (χ3n) is 7.81. The van der Waals surface area contributed by atoms with E-state index in [4.69, 9.17) is 21.1 Å². The smallest absolute Gasteiger partial charge is 0.343 e. The Hall–Kier alpha value is -3.56. The van der Waals surface area contributed by atoms with Gasteiger partial charge in [-0.1, -0.05) is 131 Å². The Morgan fingerprint density at radius 2 is 1.16 bits per heavy atom. The number of halogens is 1. The van der Waals surface area contributed by atoms with Gasteiger partial charge in [-0.3, -0.25) is 0 Å². The van der Waals surface area contributed by atoms with Crippen molar-refractivity contribution in [1.29, 1.82) is 0 Å². The molecule has 0 amide bonds. The van der Waals surface area contributed by atoms with Crippen LogP contribution in [0.5, 0.6) is 11.5 Å². The fourth-order valence-corrected chi connectivity index (χ4v) is 5.47. The van der Waals surface area contributed by atoms with E-state index in [-0.39, 0.29) is 0 Å². The highest BCUT2D eigenvalue weighted by Crippen LogP contribution is 2.30. The van der Waals surface area contributed by atoms with E-state index in [0.29, 0.717) is 16.3 Å². The van der Waals surface area contributed by atoms with Gasteiger partial charge in [-0.25, -0.2) is 4.79 Å². The zero-order chi connectivity index (χ0) is 30.3. The van der Waals surface area contributed by atoms with Crippen LogP contribution in [-0.4, -0.2) is 12.6 Å². The molecule has 0 spiro atoms. The Bertz CT molecular complexity index is 1390. The second-order valence-corrected chi connectivity index (χ2v) is 11.7. The van der Waals surface area contributed by atoms with Crippen LogP contribution in [-0.2, 0) is 6.42 Å². The summed E-state index contributed by atoms with van der Waals surface area (Å²) in [6.45, 7) is 5.22. The molecule has 226 valence electrons. The van der Waals surface area contributed by atoms with Gasteiger partial charge in [-0.2, -0.15) is 0 Å². The minimum atomic E-state index is -0.434. The number of unbranched alkanes of at least 4 members (excludes halogenated alkanes) is 8. The van der Waals surface area contributed by atoms with E-state index >= 15 is 0 Å². The van der Waals surface area contributed by atoms with Gasteiger partial charge in [0.05, 0.1) is 12.2 Å². The highest BCUT2D eigenvalue weighted by Gasteiger charge is 2.13. The van der Waals surface area contributed by atoms with E-state index < -0.39 is 5.97 Å². The van der Waals surface area contributed by atoms with Crippen LogP contribution in [0.2, 0.25) is 5.02 Å². The Morgan fingerprint density at radius 1 is 0.605 bits per heavy atom. The molecule has 0 unspecified atom stereocenters. The number of rotatable bonds is 17. The molecular weight excluding hydrogens is 552 g/mol. The summed E-state index contributed by atoms with van der Waals surface area (Å²) in [7, 11) is 0. The molecule has 0 atom stereocenters. The quantitative estimate of drug-likeness (QED) is 0.0690. The molecule has 3 nitrogen and oxygen atoms in total. The Labute approximate surface area is 263 Å². The van der Waals surface area contributed by atoms with Crippen LogP contribution in [0.3, 0.4) is 0 Å². The van der Waals surface area contributed by atoms with Gasteiger partial charge in [0.1, 0.15) is 11.5 Å². The number of aryl methyl sites for hydroxylation is 1. The Morgan fingerprint density at radius 3 is 1.77 bits per heavy atom. The molecule has 0 aliphatic carbocycles. The zero-order valence-electron chi connectivity index (χ0n) is 25.7. The fourth-order valence-electron chi connectivity index (χ4n) is 5.18. The second kappa shape index (κ2) is 17.5. The van der Waals surface area contributed by atoms with Crippen molar-refractivity contribution in [3.05, 3.63) is 107 Å². The van der Waals surface area contributed by atoms with Crippen molar-refractivity contribution in [2.24, 2.45) is 0 Å². The first-order valence-corrected chi connectivity index (χ1v) is 16.4. The third-order valence-corrected chi connectivity index (χ3v) is 8.12. The van der Waals surface area contributed by atoms with Crippen LogP contribution in [0.1, 0.15) is 94.0 Å². The predicted molar refractivity (Wildman–Crippen MR) is 180 cm³/mol. The van der Waals surface area contributed by atoms with Crippen LogP contribution < -0.4 is 9.47 Å². The largest absolute Gasteiger partial charge is 0.494 e. The lowest BCUT2D eigenvalue weighted by Crippen LogP contribution is -2.08. The molecule has 4 aromatic rings. The van der Waals surface area contributed by atoms with Gasteiger partial charge >= 0.3 is 5.97 Å². The molecule has 4 heteroatoms. The summed E-state index contributed by atoms with van der Waals surface area (Å²) in [5.41, 5.74) is 5.83. The SMILES string of the molecule is CCCCCCCOc1ccc(-c2ccc(OC(=O)c3ccc(-c4ccc(CCCCCCC)cc4)c(Cl)c3)cc2)cc1. The molecule has 0 radical (unpaired) electrons. The van der Waals surface area contributed by atoms with Crippen LogP contribution in [0.4, 0.5) is 0 Å². The predicted octanol–water partition coefficient (Wildman–Crippen LogP) is 11.8. The number of hydrogen-bond donors (Lipinski definition) is 0. The first-order valence-electron chi connectivity index (χ1n) is 16.0. The van der Waals surface area contributed by atoms with E-state index in [1.54, 1.807) is 12.1 Å². The maximum Gasteiger partial charge on any atom is 0.343 e. The molecule has 0 bridgehead atoms.